The highest BCUT2D eigenvalue weighted by Gasteiger charge is 2.27. The minimum absolute atomic E-state index is 0.671. The Morgan fingerprint density at radius 2 is 0.627 bits per heavy atom. The largest absolute Gasteiger partial charge is 0.307 e. The van der Waals surface area contributed by atoms with E-state index in [1.54, 1.807) is 0 Å². The van der Waals surface area contributed by atoms with E-state index in [0.717, 1.165) is 55.7 Å². The quantitative estimate of drug-likeness (QED) is 0.190. The lowest BCUT2D eigenvalue weighted by molar-refractivity contribution is 1.04. The summed E-state index contributed by atoms with van der Waals surface area (Å²) < 4.78 is 7.35. The maximum absolute atomic E-state index is 4.88. The molecule has 0 aliphatic rings. The SMILES string of the molecule is c1cnc(-c2ccc(-n3c4ccccc4c4ccccc43)c(-n3c4ccccc4c4ccccc43)c2-n2c3ccccc3c3ccccc32)nc1. The summed E-state index contributed by atoms with van der Waals surface area (Å²) in [6.45, 7) is 0. The predicted octanol–water partition coefficient (Wildman–Crippen LogP) is 11.4. The van der Waals surface area contributed by atoms with Gasteiger partial charge in [-0.15, -0.1) is 0 Å². The molecule has 0 fully saturated rings. The third-order valence-electron chi connectivity index (χ3n) is 10.4. The first-order chi connectivity index (χ1) is 25.4. The number of aromatic nitrogens is 5. The first-order valence-corrected chi connectivity index (χ1v) is 17.3. The maximum atomic E-state index is 4.88. The highest BCUT2D eigenvalue weighted by molar-refractivity contribution is 6.14. The molecule has 0 unspecified atom stereocenters. The number of rotatable bonds is 4. The lowest BCUT2D eigenvalue weighted by Gasteiger charge is -2.24. The summed E-state index contributed by atoms with van der Waals surface area (Å²) in [5, 5.41) is 7.24. The summed E-state index contributed by atoms with van der Waals surface area (Å²) >= 11 is 0. The lowest BCUT2D eigenvalue weighted by atomic mass is 10.1. The van der Waals surface area contributed by atoms with Gasteiger partial charge in [0.2, 0.25) is 0 Å². The second-order valence-electron chi connectivity index (χ2n) is 13.0. The molecule has 238 valence electrons. The summed E-state index contributed by atoms with van der Waals surface area (Å²) in [5.41, 5.74) is 10.9. The minimum atomic E-state index is 0.671. The van der Waals surface area contributed by atoms with Crippen LogP contribution in [-0.2, 0) is 0 Å². The fourth-order valence-corrected chi connectivity index (χ4v) is 8.32. The zero-order chi connectivity index (χ0) is 33.5. The van der Waals surface area contributed by atoms with Crippen molar-refractivity contribution in [2.75, 3.05) is 0 Å². The number of fused-ring (bicyclic) bond motifs is 9. The summed E-state index contributed by atoms with van der Waals surface area (Å²) in [6, 6.07) is 58.8. The van der Waals surface area contributed by atoms with E-state index in [2.05, 4.69) is 171 Å². The topological polar surface area (TPSA) is 40.6 Å². The van der Waals surface area contributed by atoms with E-state index < -0.39 is 0 Å². The van der Waals surface area contributed by atoms with Crippen LogP contribution in [0.15, 0.2) is 176 Å². The first-order valence-electron chi connectivity index (χ1n) is 17.3. The van der Waals surface area contributed by atoms with Gasteiger partial charge < -0.3 is 13.7 Å². The molecule has 0 amide bonds. The van der Waals surface area contributed by atoms with Gasteiger partial charge in [-0.1, -0.05) is 109 Å². The van der Waals surface area contributed by atoms with Gasteiger partial charge in [0.25, 0.3) is 0 Å². The molecule has 4 aromatic heterocycles. The standard InChI is InChI=1S/C46H29N5/c1-7-20-37-30(14-1)31-15-2-8-21-38(31)49(37)43-27-26-36(46-47-28-13-29-48-46)44(50-39-22-9-3-16-32(39)33-17-4-10-23-40(33)50)45(43)51-41-24-11-5-18-34(41)35-19-6-12-25-42(35)51/h1-29H. The molecule has 4 heterocycles. The van der Waals surface area contributed by atoms with E-state index in [-0.39, 0.29) is 0 Å². The molecule has 0 radical (unpaired) electrons. The molecule has 0 saturated heterocycles. The lowest BCUT2D eigenvalue weighted by Crippen LogP contribution is -2.11. The predicted molar refractivity (Wildman–Crippen MR) is 210 cm³/mol. The van der Waals surface area contributed by atoms with Crippen molar-refractivity contribution in [3.8, 4) is 28.5 Å². The Balaban J connectivity index is 1.44. The molecule has 0 aliphatic carbocycles. The molecule has 5 nitrogen and oxygen atoms in total. The van der Waals surface area contributed by atoms with Crippen molar-refractivity contribution >= 4 is 65.4 Å². The van der Waals surface area contributed by atoms with Crippen LogP contribution >= 0.6 is 0 Å². The van der Waals surface area contributed by atoms with Gasteiger partial charge in [0.15, 0.2) is 5.82 Å². The average Bonchev–Trinajstić information content (AvgIpc) is 3.84. The molecule has 0 bridgehead atoms. The Hall–Kier alpha value is -6.98. The fraction of sp³-hybridized carbons (Fsp3) is 0. The number of hydrogen-bond donors (Lipinski definition) is 0. The van der Waals surface area contributed by atoms with Gasteiger partial charge in [0, 0.05) is 50.3 Å². The van der Waals surface area contributed by atoms with Crippen LogP contribution in [0.5, 0.6) is 0 Å². The molecule has 0 atom stereocenters. The van der Waals surface area contributed by atoms with Gasteiger partial charge in [-0.25, -0.2) is 9.97 Å². The van der Waals surface area contributed by atoms with E-state index >= 15 is 0 Å². The minimum Gasteiger partial charge on any atom is -0.307 e. The van der Waals surface area contributed by atoms with Crippen molar-refractivity contribution in [3.05, 3.63) is 176 Å². The van der Waals surface area contributed by atoms with Crippen LogP contribution in [0.1, 0.15) is 0 Å². The molecule has 5 heteroatoms. The second-order valence-corrected chi connectivity index (χ2v) is 13.0. The average molecular weight is 652 g/mol. The first kappa shape index (κ1) is 27.9. The Labute approximate surface area is 292 Å². The van der Waals surface area contributed by atoms with Crippen LogP contribution in [0.25, 0.3) is 93.9 Å². The molecule has 0 saturated carbocycles. The Morgan fingerprint density at radius 3 is 1.02 bits per heavy atom. The molecule has 11 aromatic rings. The van der Waals surface area contributed by atoms with E-state index in [1.807, 2.05) is 18.5 Å². The van der Waals surface area contributed by atoms with Gasteiger partial charge in [-0.3, -0.25) is 0 Å². The summed E-state index contributed by atoms with van der Waals surface area (Å²) in [4.78, 5) is 9.76. The van der Waals surface area contributed by atoms with Gasteiger partial charge in [-0.05, 0) is 54.6 Å². The van der Waals surface area contributed by atoms with Gasteiger partial charge >= 0.3 is 0 Å². The fourth-order valence-electron chi connectivity index (χ4n) is 8.32. The van der Waals surface area contributed by atoms with Crippen molar-refractivity contribution in [2.45, 2.75) is 0 Å². The second kappa shape index (κ2) is 10.8. The molecule has 0 aliphatic heterocycles. The number of para-hydroxylation sites is 6. The van der Waals surface area contributed by atoms with Crippen molar-refractivity contribution in [2.24, 2.45) is 0 Å². The summed E-state index contributed by atoms with van der Waals surface area (Å²) in [6.07, 6.45) is 3.66. The van der Waals surface area contributed by atoms with Gasteiger partial charge in [0.1, 0.15) is 0 Å². The van der Waals surface area contributed by atoms with Crippen molar-refractivity contribution in [1.29, 1.82) is 0 Å². The van der Waals surface area contributed by atoms with E-state index in [1.165, 1.54) is 32.3 Å². The zero-order valence-electron chi connectivity index (χ0n) is 27.5. The summed E-state index contributed by atoms with van der Waals surface area (Å²) in [7, 11) is 0. The monoisotopic (exact) mass is 651 g/mol. The van der Waals surface area contributed by atoms with E-state index in [0.29, 0.717) is 5.82 Å². The van der Waals surface area contributed by atoms with Gasteiger partial charge in [-0.2, -0.15) is 0 Å². The van der Waals surface area contributed by atoms with Crippen LogP contribution in [-0.4, -0.2) is 23.7 Å². The molecule has 7 aromatic carbocycles. The van der Waals surface area contributed by atoms with Crippen molar-refractivity contribution < 1.29 is 0 Å². The summed E-state index contributed by atoms with van der Waals surface area (Å²) in [5.74, 6) is 0.671. The van der Waals surface area contributed by atoms with Crippen LogP contribution < -0.4 is 0 Å². The Kier molecular flexibility index (Phi) is 5.89. The molecule has 51 heavy (non-hydrogen) atoms. The number of benzene rings is 7. The molecular formula is C46H29N5. The van der Waals surface area contributed by atoms with Crippen molar-refractivity contribution in [3.63, 3.8) is 0 Å². The maximum Gasteiger partial charge on any atom is 0.161 e. The zero-order valence-corrected chi connectivity index (χ0v) is 27.5. The van der Waals surface area contributed by atoms with E-state index in [4.69, 9.17) is 9.97 Å². The van der Waals surface area contributed by atoms with E-state index in [9.17, 15) is 0 Å². The van der Waals surface area contributed by atoms with Crippen LogP contribution in [0.2, 0.25) is 0 Å². The third-order valence-corrected chi connectivity index (χ3v) is 10.4. The highest BCUT2D eigenvalue weighted by atomic mass is 15.1. The normalized spacial score (nSPS) is 11.9. The number of hydrogen-bond acceptors (Lipinski definition) is 2. The molecule has 11 rings (SSSR count). The van der Waals surface area contributed by atoms with Crippen molar-refractivity contribution in [1.82, 2.24) is 23.7 Å². The molecule has 0 spiro atoms. The highest BCUT2D eigenvalue weighted by Crippen LogP contribution is 2.45. The Bertz CT molecular complexity index is 2980. The molecule has 0 N–H and O–H groups in total. The van der Waals surface area contributed by atoms with Crippen LogP contribution in [0.4, 0.5) is 0 Å². The van der Waals surface area contributed by atoms with Crippen LogP contribution in [0, 0.1) is 0 Å². The smallest absolute Gasteiger partial charge is 0.161 e. The van der Waals surface area contributed by atoms with Crippen LogP contribution in [0.3, 0.4) is 0 Å². The van der Waals surface area contributed by atoms with Gasteiger partial charge in [0.05, 0.1) is 50.2 Å². The Morgan fingerprint density at radius 1 is 0.294 bits per heavy atom. The molecular weight excluding hydrogens is 623 g/mol. The third kappa shape index (κ3) is 3.91. The number of nitrogens with zero attached hydrogens (tertiary/aromatic N) is 5.